The van der Waals surface area contributed by atoms with Crippen molar-refractivity contribution in [3.63, 3.8) is 0 Å². The number of aliphatic hydroxyl groups excluding tert-OH is 1. The summed E-state index contributed by atoms with van der Waals surface area (Å²) in [5.41, 5.74) is -4.32. The van der Waals surface area contributed by atoms with Crippen molar-refractivity contribution in [3.8, 4) is 0 Å². The maximum Gasteiger partial charge on any atom is 0.326 e. The number of rotatable bonds is 17. The molecule has 0 aromatic heterocycles. The van der Waals surface area contributed by atoms with Crippen LogP contribution in [0.3, 0.4) is 0 Å². The van der Waals surface area contributed by atoms with Gasteiger partial charge in [0.05, 0.1) is 50.3 Å². The summed E-state index contributed by atoms with van der Waals surface area (Å²) in [6.45, 7) is 0.225. The number of alkyl halides is 4. The summed E-state index contributed by atoms with van der Waals surface area (Å²) < 4.78 is 107. The van der Waals surface area contributed by atoms with Crippen molar-refractivity contribution in [1.82, 2.24) is 0 Å². The third kappa shape index (κ3) is 7.86. The molecule has 0 aliphatic heterocycles. The molecule has 4 aliphatic rings. The Morgan fingerprint density at radius 2 is 1.44 bits per heavy atom. The molecule has 17 heteroatoms. The summed E-state index contributed by atoms with van der Waals surface area (Å²) in [6.07, 6.45) is -2.86. The number of hydrogen-bond acceptors (Lipinski definition) is 10. The number of carboxylic acid groups (broad SMARTS) is 1. The van der Waals surface area contributed by atoms with Crippen molar-refractivity contribution in [3.05, 3.63) is 0 Å². The number of carbonyl (C=O) groups excluding carboxylic acids is 2. The van der Waals surface area contributed by atoms with E-state index in [-0.39, 0.29) is 84.1 Å². The molecule has 0 aromatic carbocycles. The van der Waals surface area contributed by atoms with E-state index < -0.39 is 74.9 Å². The third-order valence-electron chi connectivity index (χ3n) is 7.84. The van der Waals surface area contributed by atoms with Crippen LogP contribution in [-0.2, 0) is 43.4 Å². The standard InChI is InChI=1S/C24H34F4O12S/c25-23(26,24(27,28)15-41(34,35)36)2-1-17(30)40-22-11-16-9-20(13-22,18(31)32)12-21(10-16,14-22)19(33)39-8-7-38-6-5-37-4-3-29/h16,29H,1-15H2,(H,31,32)(H,34,35,36). The van der Waals surface area contributed by atoms with Crippen LogP contribution in [0.1, 0.15) is 51.4 Å². The molecule has 236 valence electrons. The number of aliphatic carboxylic acids is 1. The van der Waals surface area contributed by atoms with Gasteiger partial charge in [0.1, 0.15) is 18.0 Å². The van der Waals surface area contributed by atoms with Crippen LogP contribution in [-0.4, -0.2) is 104 Å². The first-order chi connectivity index (χ1) is 18.9. The smallest absolute Gasteiger partial charge is 0.326 e. The van der Waals surface area contributed by atoms with E-state index in [1.807, 2.05) is 0 Å². The predicted molar refractivity (Wildman–Crippen MR) is 128 cm³/mol. The molecular weight excluding hydrogens is 588 g/mol. The normalized spacial score (nSPS) is 29.4. The molecule has 0 radical (unpaired) electrons. The Morgan fingerprint density at radius 3 is 2.05 bits per heavy atom. The van der Waals surface area contributed by atoms with E-state index >= 15 is 0 Å². The molecule has 0 saturated heterocycles. The second-order valence-electron chi connectivity index (χ2n) is 11.3. The topological polar surface area (TPSA) is 183 Å². The molecule has 0 amide bonds. The van der Waals surface area contributed by atoms with Crippen LogP contribution in [0, 0.1) is 16.7 Å². The van der Waals surface area contributed by atoms with Crippen LogP contribution >= 0.6 is 0 Å². The maximum absolute atomic E-state index is 14.1. The first-order valence-corrected chi connectivity index (χ1v) is 14.6. The zero-order valence-corrected chi connectivity index (χ0v) is 22.9. The van der Waals surface area contributed by atoms with Gasteiger partial charge in [0.25, 0.3) is 10.1 Å². The number of hydrogen-bond donors (Lipinski definition) is 3. The molecule has 3 N–H and O–H groups in total. The van der Waals surface area contributed by atoms with Gasteiger partial charge in [-0.05, 0) is 31.6 Å². The lowest BCUT2D eigenvalue weighted by atomic mass is 9.42. The van der Waals surface area contributed by atoms with Gasteiger partial charge in [-0.25, -0.2) is 0 Å². The average Bonchev–Trinajstić information content (AvgIpc) is 2.81. The van der Waals surface area contributed by atoms with Crippen LogP contribution in [0.5, 0.6) is 0 Å². The van der Waals surface area contributed by atoms with Crippen LogP contribution < -0.4 is 0 Å². The molecule has 0 spiro atoms. The molecule has 41 heavy (non-hydrogen) atoms. The van der Waals surface area contributed by atoms with E-state index in [2.05, 4.69) is 0 Å². The second-order valence-corrected chi connectivity index (χ2v) is 12.7. The molecule has 4 aliphatic carbocycles. The van der Waals surface area contributed by atoms with Gasteiger partial charge in [0, 0.05) is 19.3 Å². The number of esters is 2. The quantitative estimate of drug-likeness (QED) is 0.0928. The molecule has 4 rings (SSSR count). The Labute approximate surface area is 233 Å². The summed E-state index contributed by atoms with van der Waals surface area (Å²) in [4.78, 5) is 38.2. The maximum atomic E-state index is 14.1. The van der Waals surface area contributed by atoms with Gasteiger partial charge in [-0.3, -0.25) is 18.9 Å². The van der Waals surface area contributed by atoms with Crippen LogP contribution in [0.4, 0.5) is 17.6 Å². The lowest BCUT2D eigenvalue weighted by molar-refractivity contribution is -0.236. The monoisotopic (exact) mass is 622 g/mol. The fraction of sp³-hybridized carbons (Fsp3) is 0.875. The molecule has 0 aromatic rings. The number of aliphatic hydroxyl groups is 1. The minimum atomic E-state index is -5.45. The number of carboxylic acids is 1. The Balaban J connectivity index is 1.66. The Morgan fingerprint density at radius 1 is 0.854 bits per heavy atom. The van der Waals surface area contributed by atoms with Gasteiger partial charge in [0.2, 0.25) is 0 Å². The Bertz CT molecular complexity index is 1100. The molecule has 4 unspecified atom stereocenters. The number of halogens is 4. The van der Waals surface area contributed by atoms with Crippen molar-refractivity contribution in [1.29, 1.82) is 0 Å². The lowest BCUT2D eigenvalue weighted by Gasteiger charge is -2.63. The lowest BCUT2D eigenvalue weighted by Crippen LogP contribution is -2.65. The highest BCUT2D eigenvalue weighted by molar-refractivity contribution is 7.85. The van der Waals surface area contributed by atoms with Crippen molar-refractivity contribution in [2.75, 3.05) is 45.4 Å². The highest BCUT2D eigenvalue weighted by Crippen LogP contribution is 2.68. The molecule has 4 atom stereocenters. The van der Waals surface area contributed by atoms with E-state index in [9.17, 15) is 45.5 Å². The van der Waals surface area contributed by atoms with Crippen LogP contribution in [0.25, 0.3) is 0 Å². The van der Waals surface area contributed by atoms with Crippen LogP contribution in [0.15, 0.2) is 0 Å². The summed E-state index contributed by atoms with van der Waals surface area (Å²) in [6, 6.07) is 0. The summed E-state index contributed by atoms with van der Waals surface area (Å²) in [5, 5.41) is 18.7. The highest BCUT2D eigenvalue weighted by atomic mass is 32.2. The van der Waals surface area contributed by atoms with Crippen molar-refractivity contribution in [2.45, 2.75) is 68.8 Å². The Kier molecular flexibility index (Phi) is 10.00. The van der Waals surface area contributed by atoms with Crippen molar-refractivity contribution < 1.29 is 74.1 Å². The summed E-state index contributed by atoms with van der Waals surface area (Å²) in [5.74, 6) is -16.3. The van der Waals surface area contributed by atoms with E-state index in [1.165, 1.54) is 0 Å². The van der Waals surface area contributed by atoms with Crippen molar-refractivity contribution >= 4 is 28.0 Å². The first-order valence-electron chi connectivity index (χ1n) is 13.0. The molecule has 4 bridgehead atoms. The minimum absolute atomic E-state index is 0.00830. The molecule has 4 saturated carbocycles. The average molecular weight is 623 g/mol. The van der Waals surface area contributed by atoms with Crippen molar-refractivity contribution in [2.24, 2.45) is 16.7 Å². The predicted octanol–water partition coefficient (Wildman–Crippen LogP) is 1.83. The van der Waals surface area contributed by atoms with Gasteiger partial charge in [-0.15, -0.1) is 0 Å². The molecule has 12 nitrogen and oxygen atoms in total. The van der Waals surface area contributed by atoms with E-state index in [0.717, 1.165) is 0 Å². The summed E-state index contributed by atoms with van der Waals surface area (Å²) >= 11 is 0. The van der Waals surface area contributed by atoms with E-state index in [1.54, 1.807) is 0 Å². The Hall–Kier alpha value is -2.08. The fourth-order valence-corrected chi connectivity index (χ4v) is 7.40. The number of carbonyl (C=O) groups is 3. The fourth-order valence-electron chi connectivity index (χ4n) is 6.73. The van der Waals surface area contributed by atoms with Crippen LogP contribution in [0.2, 0.25) is 0 Å². The minimum Gasteiger partial charge on any atom is -0.481 e. The molecular formula is C24H34F4O12S. The van der Waals surface area contributed by atoms with Gasteiger partial charge < -0.3 is 29.2 Å². The zero-order chi connectivity index (χ0) is 30.7. The van der Waals surface area contributed by atoms with Gasteiger partial charge >= 0.3 is 29.8 Å². The molecule has 0 heterocycles. The van der Waals surface area contributed by atoms with Gasteiger partial charge in [0.15, 0.2) is 0 Å². The SMILES string of the molecule is O=C(CCC(F)(F)C(F)(F)CS(=O)(=O)O)OC12CC3CC(C(=O)O)(C1)CC(C(=O)OCCOCCOCCO)(C3)C2. The zero-order valence-electron chi connectivity index (χ0n) is 22.1. The molecule has 4 fully saturated rings. The van der Waals surface area contributed by atoms with E-state index in [4.69, 9.17) is 28.6 Å². The largest absolute Gasteiger partial charge is 0.481 e. The van der Waals surface area contributed by atoms with E-state index in [0.29, 0.717) is 0 Å². The van der Waals surface area contributed by atoms with Gasteiger partial charge in [-0.1, -0.05) is 0 Å². The number of ether oxygens (including phenoxy) is 4. The second kappa shape index (κ2) is 12.3. The summed E-state index contributed by atoms with van der Waals surface area (Å²) in [7, 11) is -5.45. The van der Waals surface area contributed by atoms with Gasteiger partial charge in [-0.2, -0.15) is 26.0 Å². The first kappa shape index (κ1) is 33.4. The highest BCUT2D eigenvalue weighted by Gasteiger charge is 2.70. The third-order valence-corrected chi connectivity index (χ3v) is 8.57.